The van der Waals surface area contributed by atoms with Gasteiger partial charge in [-0.25, -0.2) is 0 Å². The predicted octanol–water partition coefficient (Wildman–Crippen LogP) is 2.59. The van der Waals surface area contributed by atoms with Gasteiger partial charge in [0.1, 0.15) is 0 Å². The first-order valence-electron chi connectivity index (χ1n) is 6.27. The van der Waals surface area contributed by atoms with Crippen molar-refractivity contribution in [3.05, 3.63) is 70.8 Å². The summed E-state index contributed by atoms with van der Waals surface area (Å²) in [5.41, 5.74) is 3.75. The molecule has 0 unspecified atom stereocenters. The van der Waals surface area contributed by atoms with Gasteiger partial charge in [-0.3, -0.25) is 0 Å². The third kappa shape index (κ3) is 5.72. The molecule has 0 aliphatic heterocycles. The molecule has 0 aliphatic rings. The molecule has 0 atom stereocenters. The van der Waals surface area contributed by atoms with Gasteiger partial charge < -0.3 is 15.3 Å². The van der Waals surface area contributed by atoms with Crippen LogP contribution < -0.4 is 0 Å². The van der Waals surface area contributed by atoms with Gasteiger partial charge >= 0.3 is 0 Å². The molecule has 0 radical (unpaired) electrons. The highest BCUT2D eigenvalue weighted by Gasteiger charge is 1.90. The van der Waals surface area contributed by atoms with Gasteiger partial charge in [-0.15, -0.1) is 11.6 Å². The first-order valence-corrected chi connectivity index (χ1v) is 6.81. The van der Waals surface area contributed by atoms with Crippen LogP contribution in [0.4, 0.5) is 0 Å². The van der Waals surface area contributed by atoms with Crippen molar-refractivity contribution in [2.75, 3.05) is 0 Å². The summed E-state index contributed by atoms with van der Waals surface area (Å²) in [7, 11) is 0. The predicted molar refractivity (Wildman–Crippen MR) is 80.2 cm³/mol. The molecule has 0 heterocycles. The molecule has 3 nitrogen and oxygen atoms in total. The van der Waals surface area contributed by atoms with E-state index >= 15 is 0 Å². The quantitative estimate of drug-likeness (QED) is 0.760. The van der Waals surface area contributed by atoms with E-state index in [2.05, 4.69) is 0 Å². The Kier molecular flexibility index (Phi) is 7.92. The largest absolute Gasteiger partial charge is 0.392 e. The standard InChI is InChI=1S/C8H9ClO.C8H10O2/c9-5-7-1-3-8(6-10)4-2-7;9-5-7-1-2-8(6-10)4-3-7/h1-4,10H,5-6H2;1-4,9-10H,5-6H2. The fraction of sp³-hybridized carbons (Fsp3) is 0.250. The molecule has 0 fully saturated rings. The Hall–Kier alpha value is -1.39. The molecule has 2 aromatic rings. The van der Waals surface area contributed by atoms with Crippen LogP contribution in [0, 0.1) is 0 Å². The lowest BCUT2D eigenvalue weighted by atomic mass is 10.1. The fourth-order valence-corrected chi connectivity index (χ4v) is 1.66. The Morgan fingerprint density at radius 2 is 0.800 bits per heavy atom. The van der Waals surface area contributed by atoms with Crippen LogP contribution in [-0.2, 0) is 25.7 Å². The number of alkyl halides is 1. The number of aliphatic hydroxyl groups is 3. The van der Waals surface area contributed by atoms with Gasteiger partial charge in [0.15, 0.2) is 0 Å². The second kappa shape index (κ2) is 9.50. The number of aliphatic hydroxyl groups excluding tert-OH is 3. The smallest absolute Gasteiger partial charge is 0.0681 e. The van der Waals surface area contributed by atoms with E-state index < -0.39 is 0 Å². The van der Waals surface area contributed by atoms with Gasteiger partial charge in [-0.05, 0) is 22.3 Å². The summed E-state index contributed by atoms with van der Waals surface area (Å²) in [5.74, 6) is 0.533. The SMILES string of the molecule is OCc1ccc(CCl)cc1.OCc1ccc(CO)cc1. The Balaban J connectivity index is 0.000000200. The number of halogens is 1. The highest BCUT2D eigenvalue weighted by Crippen LogP contribution is 2.06. The van der Waals surface area contributed by atoms with Crippen LogP contribution in [0.1, 0.15) is 22.3 Å². The highest BCUT2D eigenvalue weighted by atomic mass is 35.5. The van der Waals surface area contributed by atoms with Crippen LogP contribution in [0.5, 0.6) is 0 Å². The minimum atomic E-state index is 0.0612. The van der Waals surface area contributed by atoms with Gasteiger partial charge in [-0.2, -0.15) is 0 Å². The molecule has 0 saturated heterocycles. The van der Waals surface area contributed by atoms with Crippen molar-refractivity contribution in [1.29, 1.82) is 0 Å². The Morgan fingerprint density at radius 1 is 0.550 bits per heavy atom. The molecule has 0 bridgehead atoms. The molecule has 0 aromatic heterocycles. The average Bonchev–Trinajstić information content (AvgIpc) is 2.55. The van der Waals surface area contributed by atoms with Crippen LogP contribution in [0.15, 0.2) is 48.5 Å². The number of hydrogen-bond donors (Lipinski definition) is 3. The van der Waals surface area contributed by atoms with E-state index in [-0.39, 0.29) is 19.8 Å². The molecule has 20 heavy (non-hydrogen) atoms. The average molecular weight is 295 g/mol. The molecular formula is C16H19ClO3. The van der Waals surface area contributed by atoms with Crippen LogP contribution in [-0.4, -0.2) is 15.3 Å². The van der Waals surface area contributed by atoms with E-state index in [9.17, 15) is 0 Å². The van der Waals surface area contributed by atoms with Crippen molar-refractivity contribution in [1.82, 2.24) is 0 Å². The zero-order chi connectivity index (χ0) is 14.8. The van der Waals surface area contributed by atoms with Crippen molar-refractivity contribution >= 4 is 11.6 Å². The number of rotatable bonds is 4. The monoisotopic (exact) mass is 294 g/mol. The van der Waals surface area contributed by atoms with Crippen molar-refractivity contribution in [2.45, 2.75) is 25.7 Å². The van der Waals surface area contributed by atoms with Crippen molar-refractivity contribution in [3.63, 3.8) is 0 Å². The number of benzene rings is 2. The summed E-state index contributed by atoms with van der Waals surface area (Å²) in [5, 5.41) is 25.9. The Morgan fingerprint density at radius 3 is 1.00 bits per heavy atom. The van der Waals surface area contributed by atoms with Gasteiger partial charge in [-0.1, -0.05) is 48.5 Å². The van der Waals surface area contributed by atoms with Crippen LogP contribution in [0.2, 0.25) is 0 Å². The molecule has 0 amide bonds. The maximum atomic E-state index is 8.67. The van der Waals surface area contributed by atoms with E-state index in [1.165, 1.54) is 0 Å². The van der Waals surface area contributed by atoms with Crippen molar-refractivity contribution < 1.29 is 15.3 Å². The lowest BCUT2D eigenvalue weighted by molar-refractivity contribution is 0.278. The minimum Gasteiger partial charge on any atom is -0.392 e. The summed E-state index contributed by atoms with van der Waals surface area (Å²) >= 11 is 5.56. The van der Waals surface area contributed by atoms with Crippen LogP contribution in [0.25, 0.3) is 0 Å². The second-order valence-electron chi connectivity index (χ2n) is 4.24. The molecule has 3 N–H and O–H groups in total. The van der Waals surface area contributed by atoms with E-state index in [0.29, 0.717) is 5.88 Å². The van der Waals surface area contributed by atoms with Crippen molar-refractivity contribution in [2.24, 2.45) is 0 Å². The summed E-state index contributed by atoms with van der Waals surface area (Å²) in [6.45, 7) is 0.222. The van der Waals surface area contributed by atoms with Gasteiger partial charge in [0.2, 0.25) is 0 Å². The zero-order valence-corrected chi connectivity index (χ0v) is 11.9. The third-order valence-corrected chi connectivity index (χ3v) is 3.06. The number of hydrogen-bond acceptors (Lipinski definition) is 3. The van der Waals surface area contributed by atoms with Gasteiger partial charge in [0, 0.05) is 5.88 Å². The molecule has 0 saturated carbocycles. The summed E-state index contributed by atoms with van der Waals surface area (Å²) < 4.78 is 0. The maximum Gasteiger partial charge on any atom is 0.0681 e. The topological polar surface area (TPSA) is 60.7 Å². The normalized spacial score (nSPS) is 9.80. The van der Waals surface area contributed by atoms with E-state index in [1.807, 2.05) is 24.3 Å². The molecule has 2 aromatic carbocycles. The minimum absolute atomic E-state index is 0.0612. The molecule has 0 spiro atoms. The lowest BCUT2D eigenvalue weighted by Gasteiger charge is -1.96. The Bertz CT molecular complexity index is 387. The molecule has 2 rings (SSSR count). The first-order chi connectivity index (χ1) is 9.73. The molecule has 4 heteroatoms. The molecule has 108 valence electrons. The van der Waals surface area contributed by atoms with Gasteiger partial charge in [0.25, 0.3) is 0 Å². The maximum absolute atomic E-state index is 8.67. The van der Waals surface area contributed by atoms with Gasteiger partial charge in [0.05, 0.1) is 19.8 Å². The summed E-state index contributed by atoms with van der Waals surface area (Å²) in [4.78, 5) is 0. The van der Waals surface area contributed by atoms with Crippen LogP contribution >= 0.6 is 11.6 Å². The highest BCUT2D eigenvalue weighted by molar-refractivity contribution is 6.17. The zero-order valence-electron chi connectivity index (χ0n) is 11.2. The summed E-state index contributed by atoms with van der Waals surface area (Å²) in [6.07, 6.45) is 0. The van der Waals surface area contributed by atoms with Crippen molar-refractivity contribution in [3.8, 4) is 0 Å². The van der Waals surface area contributed by atoms with E-state index in [0.717, 1.165) is 22.3 Å². The lowest BCUT2D eigenvalue weighted by Crippen LogP contribution is -1.85. The first kappa shape index (κ1) is 16.7. The van der Waals surface area contributed by atoms with E-state index in [1.54, 1.807) is 24.3 Å². The fourth-order valence-electron chi connectivity index (χ4n) is 1.48. The van der Waals surface area contributed by atoms with Crippen LogP contribution in [0.3, 0.4) is 0 Å². The molecule has 0 aliphatic carbocycles. The Labute approximate surface area is 124 Å². The second-order valence-corrected chi connectivity index (χ2v) is 4.51. The third-order valence-electron chi connectivity index (χ3n) is 2.75. The van der Waals surface area contributed by atoms with E-state index in [4.69, 9.17) is 26.9 Å². The molecular weight excluding hydrogens is 276 g/mol. The summed E-state index contributed by atoms with van der Waals surface area (Å²) in [6, 6.07) is 14.8.